The Labute approximate surface area is 163 Å². The molecule has 0 radical (unpaired) electrons. The Bertz CT molecular complexity index is 513. The van der Waals surface area contributed by atoms with E-state index in [4.69, 9.17) is 14.6 Å². The van der Waals surface area contributed by atoms with Gasteiger partial charge in [0.2, 0.25) is 0 Å². The number of amides is 1. The standard InChI is InChI=1S/C11H14N2O2.C6H12O2.C2H6.CH4O/c1-7-6-8(2)15-11(7)13-5-4-10(14)12-9(13)3;1-8-6(7)4-2-3-5-6;2*1-2/h4-5,8,11H,1,3,6H2,2H3,(H,12,14);7H,2-5H2,1H3;1-2H3;2H,1H3. The van der Waals surface area contributed by atoms with Crippen LogP contribution in [0.2, 0.25) is 0 Å². The lowest BCUT2D eigenvalue weighted by Crippen LogP contribution is -2.41. The van der Waals surface area contributed by atoms with Crippen LogP contribution in [0.25, 0.3) is 0 Å². The topological polar surface area (TPSA) is 91.3 Å². The Kier molecular flexibility index (Phi) is 11.9. The van der Waals surface area contributed by atoms with E-state index in [-0.39, 0.29) is 18.2 Å². The average Bonchev–Trinajstić information content (AvgIpc) is 3.25. The number of rotatable bonds is 2. The van der Waals surface area contributed by atoms with E-state index in [1.54, 1.807) is 18.2 Å². The third-order valence-electron chi connectivity index (χ3n) is 4.24. The molecule has 3 N–H and O–H groups in total. The first-order valence-electron chi connectivity index (χ1n) is 9.36. The summed E-state index contributed by atoms with van der Waals surface area (Å²) in [5, 5.41) is 18.9. The molecule has 1 aliphatic carbocycles. The Morgan fingerprint density at radius 2 is 1.85 bits per heavy atom. The molecule has 0 spiro atoms. The molecule has 0 aromatic carbocycles. The van der Waals surface area contributed by atoms with Crippen LogP contribution in [0.4, 0.5) is 0 Å². The van der Waals surface area contributed by atoms with Gasteiger partial charge < -0.3 is 29.9 Å². The molecule has 2 unspecified atom stereocenters. The van der Waals surface area contributed by atoms with Crippen molar-refractivity contribution in [3.8, 4) is 0 Å². The van der Waals surface area contributed by atoms with Crippen LogP contribution in [0.5, 0.6) is 0 Å². The summed E-state index contributed by atoms with van der Waals surface area (Å²) >= 11 is 0. The molecule has 1 saturated heterocycles. The molecule has 2 heterocycles. The van der Waals surface area contributed by atoms with Crippen LogP contribution >= 0.6 is 0 Å². The number of carbonyl (C=O) groups is 1. The number of nitrogens with one attached hydrogen (secondary N) is 1. The Morgan fingerprint density at radius 1 is 1.30 bits per heavy atom. The number of ether oxygens (including phenoxy) is 2. The highest BCUT2D eigenvalue weighted by Crippen LogP contribution is 2.30. The molecule has 156 valence electrons. The number of nitrogens with zero attached hydrogens (tertiary/aromatic N) is 1. The molecule has 0 bridgehead atoms. The van der Waals surface area contributed by atoms with Gasteiger partial charge in [0.1, 0.15) is 5.82 Å². The number of aliphatic hydroxyl groups excluding tert-OH is 1. The molecule has 2 fully saturated rings. The fraction of sp³-hybridized carbons (Fsp3) is 0.650. The summed E-state index contributed by atoms with van der Waals surface area (Å²) in [4.78, 5) is 12.8. The number of aliphatic hydroxyl groups is 2. The molecular weight excluding hydrogens is 348 g/mol. The molecule has 1 amide bonds. The van der Waals surface area contributed by atoms with Crippen molar-refractivity contribution in [3.05, 3.63) is 36.8 Å². The van der Waals surface area contributed by atoms with Crippen LogP contribution in [0.1, 0.15) is 52.9 Å². The van der Waals surface area contributed by atoms with Gasteiger partial charge >= 0.3 is 0 Å². The smallest absolute Gasteiger partial charge is 0.250 e. The third-order valence-corrected chi connectivity index (χ3v) is 4.24. The predicted octanol–water partition coefficient (Wildman–Crippen LogP) is 2.62. The van der Waals surface area contributed by atoms with Gasteiger partial charge in [0.15, 0.2) is 12.0 Å². The maximum atomic E-state index is 11.0. The molecule has 7 heteroatoms. The summed E-state index contributed by atoms with van der Waals surface area (Å²) in [6.07, 6.45) is 7.76. The lowest BCUT2D eigenvalue weighted by atomic mass is 10.1. The summed E-state index contributed by atoms with van der Waals surface area (Å²) in [7, 11) is 2.56. The molecule has 0 aromatic rings. The number of hydrogen-bond acceptors (Lipinski definition) is 6. The minimum absolute atomic E-state index is 0.159. The van der Waals surface area contributed by atoms with Gasteiger partial charge in [-0.1, -0.05) is 27.0 Å². The van der Waals surface area contributed by atoms with Crippen molar-refractivity contribution in [2.45, 2.75) is 71.0 Å². The van der Waals surface area contributed by atoms with Crippen molar-refractivity contribution in [1.82, 2.24) is 10.2 Å². The normalized spacial score (nSPS) is 25.4. The molecule has 3 aliphatic rings. The highest BCUT2D eigenvalue weighted by molar-refractivity contribution is 5.89. The van der Waals surface area contributed by atoms with E-state index in [1.807, 2.05) is 20.8 Å². The fourth-order valence-corrected chi connectivity index (χ4v) is 2.93. The minimum Gasteiger partial charge on any atom is -0.400 e. The van der Waals surface area contributed by atoms with Gasteiger partial charge in [-0.25, -0.2) is 0 Å². The van der Waals surface area contributed by atoms with Gasteiger partial charge in [0.25, 0.3) is 5.91 Å². The number of carbonyl (C=O) groups excluding carboxylic acids is 1. The van der Waals surface area contributed by atoms with Gasteiger partial charge in [-0.15, -0.1) is 0 Å². The Balaban J connectivity index is 0.000000477. The van der Waals surface area contributed by atoms with Crippen molar-refractivity contribution in [3.63, 3.8) is 0 Å². The average molecular weight is 385 g/mol. The molecule has 0 aromatic heterocycles. The second-order valence-electron chi connectivity index (χ2n) is 6.18. The predicted molar refractivity (Wildman–Crippen MR) is 106 cm³/mol. The number of methoxy groups -OCH3 is 1. The molecule has 1 saturated carbocycles. The van der Waals surface area contributed by atoms with Gasteiger partial charge in [-0.2, -0.15) is 0 Å². The summed E-state index contributed by atoms with van der Waals surface area (Å²) in [5.74, 6) is -0.393. The van der Waals surface area contributed by atoms with E-state index >= 15 is 0 Å². The SMILES string of the molecule is C=C1CC(C)OC1N1C=CC(=O)NC1=C.CC.CO.COC1(O)CCCC1. The zero-order valence-corrected chi connectivity index (χ0v) is 17.3. The summed E-state index contributed by atoms with van der Waals surface area (Å²) in [6.45, 7) is 13.7. The van der Waals surface area contributed by atoms with Crippen molar-refractivity contribution in [2.75, 3.05) is 14.2 Å². The summed E-state index contributed by atoms with van der Waals surface area (Å²) in [5.41, 5.74) is 1.00. The highest BCUT2D eigenvalue weighted by Gasteiger charge is 2.32. The second-order valence-corrected chi connectivity index (χ2v) is 6.18. The maximum absolute atomic E-state index is 11.0. The first kappa shape index (κ1) is 25.3. The van der Waals surface area contributed by atoms with E-state index in [1.165, 1.54) is 6.08 Å². The molecule has 2 aliphatic heterocycles. The quantitative estimate of drug-likeness (QED) is 0.501. The van der Waals surface area contributed by atoms with Gasteiger partial charge in [-0.3, -0.25) is 4.79 Å². The van der Waals surface area contributed by atoms with Crippen molar-refractivity contribution in [2.24, 2.45) is 0 Å². The monoisotopic (exact) mass is 384 g/mol. The zero-order valence-electron chi connectivity index (χ0n) is 17.3. The second kappa shape index (κ2) is 12.7. The molecule has 7 nitrogen and oxygen atoms in total. The van der Waals surface area contributed by atoms with Crippen LogP contribution in [0.15, 0.2) is 36.8 Å². The van der Waals surface area contributed by atoms with Crippen LogP contribution in [0, 0.1) is 0 Å². The fourth-order valence-electron chi connectivity index (χ4n) is 2.93. The van der Waals surface area contributed by atoms with E-state index in [2.05, 4.69) is 18.5 Å². The first-order valence-corrected chi connectivity index (χ1v) is 9.36. The summed E-state index contributed by atoms with van der Waals surface area (Å²) in [6, 6.07) is 0. The molecule has 27 heavy (non-hydrogen) atoms. The van der Waals surface area contributed by atoms with Crippen molar-refractivity contribution in [1.29, 1.82) is 0 Å². The van der Waals surface area contributed by atoms with Crippen LogP contribution in [0.3, 0.4) is 0 Å². The molecule has 3 rings (SSSR count). The van der Waals surface area contributed by atoms with Crippen LogP contribution in [-0.4, -0.2) is 53.4 Å². The maximum Gasteiger partial charge on any atom is 0.250 e. The van der Waals surface area contributed by atoms with Gasteiger partial charge in [-0.05, 0) is 31.8 Å². The van der Waals surface area contributed by atoms with Crippen LogP contribution in [-0.2, 0) is 14.3 Å². The van der Waals surface area contributed by atoms with Crippen molar-refractivity contribution < 1.29 is 24.5 Å². The van der Waals surface area contributed by atoms with Crippen LogP contribution < -0.4 is 5.32 Å². The lowest BCUT2D eigenvalue weighted by molar-refractivity contribution is -0.178. The Morgan fingerprint density at radius 3 is 2.22 bits per heavy atom. The summed E-state index contributed by atoms with van der Waals surface area (Å²) < 4.78 is 10.5. The molecular formula is C20H36N2O5. The van der Waals surface area contributed by atoms with E-state index in [9.17, 15) is 9.90 Å². The molecule has 2 atom stereocenters. The Hall–Kier alpha value is -1.67. The minimum atomic E-state index is -0.764. The highest BCUT2D eigenvalue weighted by atomic mass is 16.6. The zero-order chi connectivity index (χ0) is 21.0. The van der Waals surface area contributed by atoms with Gasteiger partial charge in [0.05, 0.1) is 6.10 Å². The van der Waals surface area contributed by atoms with E-state index in [0.717, 1.165) is 44.8 Å². The first-order chi connectivity index (χ1) is 12.8. The largest absolute Gasteiger partial charge is 0.400 e. The van der Waals surface area contributed by atoms with Gasteiger partial charge in [0, 0.05) is 39.3 Å². The van der Waals surface area contributed by atoms with E-state index < -0.39 is 5.79 Å². The number of hydrogen-bond donors (Lipinski definition) is 3. The third kappa shape index (κ3) is 7.84. The van der Waals surface area contributed by atoms with Crippen molar-refractivity contribution >= 4 is 5.91 Å². The lowest BCUT2D eigenvalue weighted by Gasteiger charge is -2.31. The van der Waals surface area contributed by atoms with E-state index in [0.29, 0.717) is 5.82 Å².